The normalized spacial score (nSPS) is 13.6. The Hall–Kier alpha value is -4.29. The molecule has 1 aliphatic heterocycles. The number of aromatic nitrogens is 6. The number of imidazole rings is 1. The van der Waals surface area contributed by atoms with Crippen LogP contribution in [0.1, 0.15) is 40.1 Å². The minimum Gasteiger partial charge on any atom is -0.347 e. The standard InChI is InChI=1S/C24H23F3N8O2/c1-3-17-19(34-12-14(2)10-29-23(34)30-17)21(36)28-11-15-4-6-16(7-5-15)20-31-18-13-33(8-9-35(18)32-20)22(37)24(25,26)27/h4-7,10,12H,3,8-9,11,13H2,1-2H3,(H,28,36). The van der Waals surface area contributed by atoms with Gasteiger partial charge in [-0.15, -0.1) is 0 Å². The van der Waals surface area contributed by atoms with Crippen molar-refractivity contribution in [3.05, 3.63) is 65.0 Å². The maximum Gasteiger partial charge on any atom is 0.471 e. The largest absolute Gasteiger partial charge is 0.471 e. The molecule has 4 aromatic rings. The number of fused-ring (bicyclic) bond motifs is 2. The third-order valence-corrected chi connectivity index (χ3v) is 6.09. The van der Waals surface area contributed by atoms with Crippen LogP contribution in [-0.4, -0.2) is 58.6 Å². The van der Waals surface area contributed by atoms with Gasteiger partial charge in [0.1, 0.15) is 11.5 Å². The van der Waals surface area contributed by atoms with Crippen LogP contribution in [0.4, 0.5) is 13.2 Å². The van der Waals surface area contributed by atoms with Crippen LogP contribution in [0.25, 0.3) is 17.2 Å². The molecular formula is C24H23F3N8O2. The Bertz CT molecular complexity index is 1490. The molecule has 3 aromatic heterocycles. The summed E-state index contributed by atoms with van der Waals surface area (Å²) in [5, 5.41) is 7.29. The van der Waals surface area contributed by atoms with Gasteiger partial charge in [0.15, 0.2) is 5.82 Å². The van der Waals surface area contributed by atoms with Gasteiger partial charge in [-0.05, 0) is 24.5 Å². The van der Waals surface area contributed by atoms with Gasteiger partial charge in [-0.1, -0.05) is 31.2 Å². The molecular weight excluding hydrogens is 489 g/mol. The lowest BCUT2D eigenvalue weighted by atomic mass is 10.1. The van der Waals surface area contributed by atoms with Crippen LogP contribution in [0.2, 0.25) is 0 Å². The molecule has 0 fully saturated rings. The first-order valence-corrected chi connectivity index (χ1v) is 11.6. The first-order valence-electron chi connectivity index (χ1n) is 11.6. The number of rotatable bonds is 5. The number of nitrogens with one attached hydrogen (secondary N) is 1. The predicted octanol–water partition coefficient (Wildman–Crippen LogP) is 2.69. The van der Waals surface area contributed by atoms with Gasteiger partial charge in [0, 0.05) is 31.0 Å². The highest BCUT2D eigenvalue weighted by Gasteiger charge is 2.43. The Morgan fingerprint density at radius 1 is 1.11 bits per heavy atom. The minimum absolute atomic E-state index is 0.0887. The van der Waals surface area contributed by atoms with Crippen LogP contribution in [0.3, 0.4) is 0 Å². The van der Waals surface area contributed by atoms with Gasteiger partial charge in [-0.2, -0.15) is 18.3 Å². The van der Waals surface area contributed by atoms with Crippen LogP contribution in [0, 0.1) is 6.92 Å². The highest BCUT2D eigenvalue weighted by atomic mass is 19.4. The van der Waals surface area contributed by atoms with Crippen LogP contribution in [0.15, 0.2) is 36.7 Å². The summed E-state index contributed by atoms with van der Waals surface area (Å²) < 4.78 is 41.5. The van der Waals surface area contributed by atoms with Gasteiger partial charge in [-0.25, -0.2) is 19.6 Å². The first kappa shape index (κ1) is 24.4. The molecule has 0 spiro atoms. The number of hydrogen-bond donors (Lipinski definition) is 1. The Labute approximate surface area is 209 Å². The molecule has 2 amide bonds. The van der Waals surface area contributed by atoms with E-state index in [0.29, 0.717) is 40.8 Å². The van der Waals surface area contributed by atoms with E-state index >= 15 is 0 Å². The van der Waals surface area contributed by atoms with E-state index in [1.807, 2.05) is 32.2 Å². The van der Waals surface area contributed by atoms with E-state index in [4.69, 9.17) is 0 Å². The zero-order valence-corrected chi connectivity index (χ0v) is 20.1. The maximum atomic E-state index is 13.0. The van der Waals surface area contributed by atoms with Crippen LogP contribution >= 0.6 is 0 Å². The van der Waals surface area contributed by atoms with Crippen molar-refractivity contribution < 1.29 is 22.8 Å². The van der Waals surface area contributed by atoms with E-state index in [2.05, 4.69) is 25.4 Å². The summed E-state index contributed by atoms with van der Waals surface area (Å²) in [5.74, 6) is -1.02. The Morgan fingerprint density at radius 3 is 2.57 bits per heavy atom. The summed E-state index contributed by atoms with van der Waals surface area (Å²) in [4.78, 5) is 38.3. The number of amides is 2. The van der Waals surface area contributed by atoms with Gasteiger partial charge >= 0.3 is 12.1 Å². The number of benzene rings is 1. The van der Waals surface area contributed by atoms with Crippen molar-refractivity contribution in [3.8, 4) is 11.4 Å². The molecule has 0 saturated carbocycles. The molecule has 0 radical (unpaired) electrons. The Kier molecular flexibility index (Phi) is 6.13. The first-order chi connectivity index (χ1) is 17.6. The fourth-order valence-corrected chi connectivity index (χ4v) is 4.21. The third kappa shape index (κ3) is 4.76. The molecule has 0 saturated heterocycles. The zero-order valence-electron chi connectivity index (χ0n) is 20.1. The molecule has 13 heteroatoms. The molecule has 1 aromatic carbocycles. The van der Waals surface area contributed by atoms with E-state index in [1.54, 1.807) is 22.7 Å². The molecule has 5 rings (SSSR count). The lowest BCUT2D eigenvalue weighted by molar-refractivity contribution is -0.187. The second-order valence-corrected chi connectivity index (χ2v) is 8.74. The monoisotopic (exact) mass is 512 g/mol. The van der Waals surface area contributed by atoms with Gasteiger partial charge in [-0.3, -0.25) is 14.0 Å². The van der Waals surface area contributed by atoms with E-state index in [1.165, 1.54) is 4.68 Å². The summed E-state index contributed by atoms with van der Waals surface area (Å²) in [6, 6.07) is 7.19. The van der Waals surface area contributed by atoms with Crippen molar-refractivity contribution in [2.75, 3.05) is 6.54 Å². The Morgan fingerprint density at radius 2 is 1.86 bits per heavy atom. The maximum absolute atomic E-state index is 13.0. The van der Waals surface area contributed by atoms with Gasteiger partial charge in [0.25, 0.3) is 5.91 Å². The lowest BCUT2D eigenvalue weighted by Gasteiger charge is -2.27. The molecule has 192 valence electrons. The van der Waals surface area contributed by atoms with E-state index in [9.17, 15) is 22.8 Å². The highest BCUT2D eigenvalue weighted by molar-refractivity contribution is 5.94. The van der Waals surface area contributed by atoms with Gasteiger partial charge < -0.3 is 10.2 Å². The fraction of sp³-hybridized carbons (Fsp3) is 0.333. The smallest absolute Gasteiger partial charge is 0.347 e. The molecule has 37 heavy (non-hydrogen) atoms. The van der Waals surface area contributed by atoms with Crippen LogP contribution in [-0.2, 0) is 30.8 Å². The van der Waals surface area contributed by atoms with E-state index < -0.39 is 12.1 Å². The molecule has 4 heterocycles. The van der Waals surface area contributed by atoms with Crippen molar-refractivity contribution in [1.82, 2.24) is 39.3 Å². The third-order valence-electron chi connectivity index (χ3n) is 6.09. The molecule has 0 bridgehead atoms. The fourth-order valence-electron chi connectivity index (χ4n) is 4.21. The quantitative estimate of drug-likeness (QED) is 0.440. The van der Waals surface area contributed by atoms with Crippen LogP contribution < -0.4 is 5.32 Å². The molecule has 0 unspecified atom stereocenters. The second kappa shape index (κ2) is 9.30. The number of hydrogen-bond acceptors (Lipinski definition) is 6. The average molecular weight is 512 g/mol. The highest BCUT2D eigenvalue weighted by Crippen LogP contribution is 2.24. The average Bonchev–Trinajstić information content (AvgIpc) is 3.47. The van der Waals surface area contributed by atoms with Crippen molar-refractivity contribution in [2.45, 2.75) is 46.1 Å². The number of carbonyl (C=O) groups is 2. The number of aryl methyl sites for hydroxylation is 2. The Balaban J connectivity index is 1.27. The SMILES string of the molecule is CCc1nc2ncc(C)cn2c1C(=O)NCc1ccc(-c2nc3n(n2)CCN(C(=O)C(F)(F)F)C3)cc1. The summed E-state index contributed by atoms with van der Waals surface area (Å²) in [6.45, 7) is 3.88. The van der Waals surface area contributed by atoms with Gasteiger partial charge in [0.2, 0.25) is 5.78 Å². The number of alkyl halides is 3. The lowest BCUT2D eigenvalue weighted by Crippen LogP contribution is -2.45. The molecule has 1 aliphatic rings. The number of nitrogens with zero attached hydrogens (tertiary/aromatic N) is 7. The predicted molar refractivity (Wildman–Crippen MR) is 125 cm³/mol. The molecule has 10 nitrogen and oxygen atoms in total. The molecule has 0 aliphatic carbocycles. The summed E-state index contributed by atoms with van der Waals surface area (Å²) in [6.07, 6.45) is -0.804. The summed E-state index contributed by atoms with van der Waals surface area (Å²) in [5.41, 5.74) is 3.53. The van der Waals surface area contributed by atoms with Crippen molar-refractivity contribution >= 4 is 17.6 Å². The van der Waals surface area contributed by atoms with E-state index in [0.717, 1.165) is 16.0 Å². The minimum atomic E-state index is -4.92. The second-order valence-electron chi connectivity index (χ2n) is 8.74. The van der Waals surface area contributed by atoms with Crippen molar-refractivity contribution in [3.63, 3.8) is 0 Å². The molecule has 1 N–H and O–H groups in total. The number of halogens is 3. The van der Waals surface area contributed by atoms with E-state index in [-0.39, 0.29) is 32.1 Å². The van der Waals surface area contributed by atoms with Crippen molar-refractivity contribution in [2.24, 2.45) is 0 Å². The zero-order chi connectivity index (χ0) is 26.3. The van der Waals surface area contributed by atoms with Gasteiger partial charge in [0.05, 0.1) is 18.8 Å². The number of carbonyl (C=O) groups excluding carboxylic acids is 2. The molecule has 0 atom stereocenters. The van der Waals surface area contributed by atoms with Crippen LogP contribution in [0.5, 0.6) is 0 Å². The van der Waals surface area contributed by atoms with Crippen molar-refractivity contribution in [1.29, 1.82) is 0 Å². The summed E-state index contributed by atoms with van der Waals surface area (Å²) in [7, 11) is 0. The topological polar surface area (TPSA) is 110 Å². The summed E-state index contributed by atoms with van der Waals surface area (Å²) >= 11 is 0.